The summed E-state index contributed by atoms with van der Waals surface area (Å²) in [6, 6.07) is 16.1. The van der Waals surface area contributed by atoms with Crippen LogP contribution in [0.3, 0.4) is 0 Å². The van der Waals surface area contributed by atoms with Gasteiger partial charge >= 0.3 is 0 Å². The maximum absolute atomic E-state index is 13.0. The highest BCUT2D eigenvalue weighted by atomic mass is 16.3. The molecule has 3 aromatic heterocycles. The third-order valence-corrected chi connectivity index (χ3v) is 4.90. The van der Waals surface area contributed by atoms with Gasteiger partial charge in [-0.05, 0) is 30.2 Å². The molecular weight excluding hydrogens is 382 g/mol. The first-order valence-electron chi connectivity index (χ1n) is 9.62. The highest BCUT2D eigenvalue weighted by Crippen LogP contribution is 2.11. The second-order valence-electron chi connectivity index (χ2n) is 6.89. The summed E-state index contributed by atoms with van der Waals surface area (Å²) >= 11 is 0. The van der Waals surface area contributed by atoms with E-state index in [0.717, 1.165) is 5.56 Å². The zero-order valence-electron chi connectivity index (χ0n) is 16.2. The highest BCUT2D eigenvalue weighted by Gasteiger charge is 2.17. The summed E-state index contributed by atoms with van der Waals surface area (Å²) < 4.78 is 2.92. The largest absolute Gasteiger partial charge is 0.396 e. The van der Waals surface area contributed by atoms with E-state index in [2.05, 4.69) is 10.3 Å². The smallest absolute Gasteiger partial charge is 0.267 e. The molecule has 0 aliphatic rings. The topological polar surface area (TPSA) is 112 Å². The Kier molecular flexibility index (Phi) is 5.40. The van der Waals surface area contributed by atoms with Crippen molar-refractivity contribution in [2.75, 3.05) is 6.61 Å². The summed E-state index contributed by atoms with van der Waals surface area (Å²) in [5, 5.41) is 20.9. The van der Waals surface area contributed by atoms with Crippen molar-refractivity contribution in [1.82, 2.24) is 19.3 Å². The van der Waals surface area contributed by atoms with Gasteiger partial charge in [0.1, 0.15) is 16.8 Å². The fraction of sp³-hybridized carbons (Fsp3) is 0.182. The monoisotopic (exact) mass is 403 g/mol. The van der Waals surface area contributed by atoms with Crippen molar-refractivity contribution in [2.24, 2.45) is 0 Å². The summed E-state index contributed by atoms with van der Waals surface area (Å²) in [6.45, 7) is 0.495. The first-order chi connectivity index (χ1) is 14.6. The quantitative estimate of drug-likeness (QED) is 0.423. The van der Waals surface area contributed by atoms with Crippen LogP contribution in [0.25, 0.3) is 16.7 Å². The molecule has 0 bridgehead atoms. The maximum atomic E-state index is 13.0. The molecule has 0 saturated carbocycles. The van der Waals surface area contributed by atoms with Crippen LogP contribution < -0.4 is 16.4 Å². The summed E-state index contributed by atoms with van der Waals surface area (Å²) in [5.41, 5.74) is 1.43. The summed E-state index contributed by atoms with van der Waals surface area (Å²) in [6.07, 6.45) is 1.99. The zero-order valence-corrected chi connectivity index (χ0v) is 16.2. The molecule has 4 aromatic rings. The summed E-state index contributed by atoms with van der Waals surface area (Å²) in [4.78, 5) is 30.4. The standard InChI is InChI=1S/C22H21N5O3/c23-19-16(21(29)24-14-15-7-2-1-3-8-15)13-17-20(27(19)11-6-12-28)25-18-9-4-5-10-26(18)22(17)30/h1-5,7-10,13,23,28H,6,11-12,14H2,(H,24,29). The average molecular weight is 403 g/mol. The van der Waals surface area contributed by atoms with Gasteiger partial charge in [0, 0.05) is 25.9 Å². The van der Waals surface area contributed by atoms with E-state index in [0.29, 0.717) is 24.3 Å². The van der Waals surface area contributed by atoms with E-state index in [1.165, 1.54) is 15.0 Å². The lowest BCUT2D eigenvalue weighted by atomic mass is 10.1. The van der Waals surface area contributed by atoms with Gasteiger partial charge in [-0.3, -0.25) is 19.4 Å². The predicted octanol–water partition coefficient (Wildman–Crippen LogP) is 1.44. The molecule has 0 fully saturated rings. The van der Waals surface area contributed by atoms with Crippen LogP contribution in [0.4, 0.5) is 0 Å². The number of aromatic nitrogens is 3. The molecule has 0 spiro atoms. The van der Waals surface area contributed by atoms with Crippen molar-refractivity contribution in [3.63, 3.8) is 0 Å². The number of aliphatic hydroxyl groups excluding tert-OH is 1. The fourth-order valence-corrected chi connectivity index (χ4v) is 3.38. The number of nitrogens with zero attached hydrogens (tertiary/aromatic N) is 3. The number of carbonyl (C=O) groups is 1. The molecular formula is C22H21N5O3. The van der Waals surface area contributed by atoms with Gasteiger partial charge in [0.2, 0.25) is 0 Å². The third-order valence-electron chi connectivity index (χ3n) is 4.90. The van der Waals surface area contributed by atoms with Gasteiger partial charge in [-0.15, -0.1) is 0 Å². The number of rotatable bonds is 6. The third kappa shape index (κ3) is 3.60. The molecule has 8 heteroatoms. The number of carbonyl (C=O) groups excluding carboxylic acids is 1. The highest BCUT2D eigenvalue weighted by molar-refractivity contribution is 5.96. The Morgan fingerprint density at radius 1 is 1.13 bits per heavy atom. The van der Waals surface area contributed by atoms with E-state index >= 15 is 0 Å². The van der Waals surface area contributed by atoms with Crippen molar-refractivity contribution in [2.45, 2.75) is 19.5 Å². The Bertz CT molecular complexity index is 1340. The molecule has 1 aromatic carbocycles. The minimum atomic E-state index is -0.443. The zero-order chi connectivity index (χ0) is 21.1. The van der Waals surface area contributed by atoms with Gasteiger partial charge < -0.3 is 15.0 Å². The van der Waals surface area contributed by atoms with Gasteiger partial charge in [0.15, 0.2) is 0 Å². The first-order valence-corrected chi connectivity index (χ1v) is 9.62. The molecule has 3 heterocycles. The van der Waals surface area contributed by atoms with Gasteiger partial charge in [-0.1, -0.05) is 36.4 Å². The van der Waals surface area contributed by atoms with Crippen LogP contribution >= 0.6 is 0 Å². The number of aliphatic hydroxyl groups is 1. The van der Waals surface area contributed by atoms with Gasteiger partial charge in [0.25, 0.3) is 11.5 Å². The molecule has 3 N–H and O–H groups in total. The minimum Gasteiger partial charge on any atom is -0.396 e. The molecule has 0 aliphatic heterocycles. The van der Waals surface area contributed by atoms with Gasteiger partial charge in [-0.25, -0.2) is 4.98 Å². The average Bonchev–Trinajstić information content (AvgIpc) is 2.78. The van der Waals surface area contributed by atoms with E-state index in [1.807, 2.05) is 30.3 Å². The Hall–Kier alpha value is -3.78. The molecule has 8 nitrogen and oxygen atoms in total. The van der Waals surface area contributed by atoms with Gasteiger partial charge in [0.05, 0.1) is 10.9 Å². The Labute approximate surface area is 171 Å². The first kappa shape index (κ1) is 19.5. The van der Waals surface area contributed by atoms with E-state index in [1.54, 1.807) is 24.4 Å². The van der Waals surface area contributed by atoms with Crippen molar-refractivity contribution < 1.29 is 9.90 Å². The fourth-order valence-electron chi connectivity index (χ4n) is 3.38. The maximum Gasteiger partial charge on any atom is 0.267 e. The molecule has 0 atom stereocenters. The minimum absolute atomic E-state index is 0.0475. The number of amides is 1. The molecule has 1 amide bonds. The van der Waals surface area contributed by atoms with E-state index in [9.17, 15) is 14.7 Å². The summed E-state index contributed by atoms with van der Waals surface area (Å²) in [5.74, 6) is -0.443. The molecule has 0 unspecified atom stereocenters. The van der Waals surface area contributed by atoms with Crippen molar-refractivity contribution in [1.29, 1.82) is 5.41 Å². The molecule has 30 heavy (non-hydrogen) atoms. The predicted molar refractivity (Wildman–Crippen MR) is 112 cm³/mol. The number of benzene rings is 1. The molecule has 152 valence electrons. The number of aryl methyl sites for hydroxylation is 1. The number of fused-ring (bicyclic) bond motifs is 2. The molecule has 4 rings (SSSR count). The van der Waals surface area contributed by atoms with Crippen molar-refractivity contribution in [3.8, 4) is 0 Å². The van der Waals surface area contributed by atoms with Crippen molar-refractivity contribution in [3.05, 3.63) is 87.8 Å². The lowest BCUT2D eigenvalue weighted by Crippen LogP contribution is -2.35. The normalized spacial score (nSPS) is 11.1. The van der Waals surface area contributed by atoms with Crippen LogP contribution in [0.1, 0.15) is 22.3 Å². The molecule has 0 radical (unpaired) electrons. The van der Waals surface area contributed by atoms with E-state index in [4.69, 9.17) is 5.41 Å². The second-order valence-corrected chi connectivity index (χ2v) is 6.89. The Morgan fingerprint density at radius 3 is 2.67 bits per heavy atom. The van der Waals surface area contributed by atoms with Crippen LogP contribution in [0.2, 0.25) is 0 Å². The lowest BCUT2D eigenvalue weighted by Gasteiger charge is -2.14. The SMILES string of the molecule is N=c1c(C(=O)NCc2ccccc2)cc2c(=O)n3ccccc3nc2n1CCCO. The summed E-state index contributed by atoms with van der Waals surface area (Å²) in [7, 11) is 0. The second kappa shape index (κ2) is 8.30. The van der Waals surface area contributed by atoms with E-state index in [-0.39, 0.29) is 35.1 Å². The Balaban J connectivity index is 1.85. The van der Waals surface area contributed by atoms with Gasteiger partial charge in [-0.2, -0.15) is 0 Å². The number of hydrogen-bond donors (Lipinski definition) is 3. The number of hydrogen-bond acceptors (Lipinski definition) is 5. The number of nitrogens with one attached hydrogen (secondary N) is 2. The molecule has 0 aliphatic carbocycles. The lowest BCUT2D eigenvalue weighted by molar-refractivity contribution is 0.0948. The van der Waals surface area contributed by atoms with E-state index < -0.39 is 5.91 Å². The van der Waals surface area contributed by atoms with Crippen LogP contribution in [0, 0.1) is 5.41 Å². The van der Waals surface area contributed by atoms with Crippen LogP contribution in [-0.4, -0.2) is 31.6 Å². The molecule has 0 saturated heterocycles. The van der Waals surface area contributed by atoms with Crippen LogP contribution in [0.15, 0.2) is 65.6 Å². The van der Waals surface area contributed by atoms with Crippen LogP contribution in [-0.2, 0) is 13.1 Å². The van der Waals surface area contributed by atoms with Crippen molar-refractivity contribution >= 4 is 22.6 Å². The number of pyridine rings is 2. The van der Waals surface area contributed by atoms with Crippen LogP contribution in [0.5, 0.6) is 0 Å². The Morgan fingerprint density at radius 2 is 1.90 bits per heavy atom.